The van der Waals surface area contributed by atoms with Crippen molar-refractivity contribution < 1.29 is 75.1 Å². The summed E-state index contributed by atoms with van der Waals surface area (Å²) in [4.78, 5) is 0. The smallest absolute Gasteiger partial charge is 0.187 e. The summed E-state index contributed by atoms with van der Waals surface area (Å²) < 4.78 is 20.9. The van der Waals surface area contributed by atoms with Crippen LogP contribution < -0.4 is 0 Å². The quantitative estimate of drug-likeness (QED) is 0.162. The lowest BCUT2D eigenvalue weighted by atomic mass is 9.95. The van der Waals surface area contributed by atoms with Gasteiger partial charge in [-0.2, -0.15) is 0 Å². The number of hydrogen-bond acceptors (Lipinski definition) is 15. The molecule has 0 spiro atoms. The topological polar surface area (TPSA) is 259 Å². The zero-order valence-corrected chi connectivity index (χ0v) is 19.3. The van der Waals surface area contributed by atoms with Crippen molar-refractivity contribution in [3.8, 4) is 0 Å². The molecule has 35 heavy (non-hydrogen) atoms. The maximum atomic E-state index is 10.1. The Kier molecular flexibility index (Phi) is 11.6. The molecule has 0 saturated carbocycles. The average Bonchev–Trinajstić information content (AvgIpc) is 2.85. The Balaban J connectivity index is 0.000000303. The molecule has 3 aliphatic heterocycles. The highest BCUT2D eigenvalue weighted by molar-refractivity contribution is 4.94. The molecule has 0 bridgehead atoms. The minimum absolute atomic E-state index is 0.366. The van der Waals surface area contributed by atoms with Gasteiger partial charge in [-0.3, -0.25) is 0 Å². The van der Waals surface area contributed by atoms with Gasteiger partial charge in [0, 0.05) is 0 Å². The monoisotopic (exact) mass is 518 g/mol. The number of ether oxygens (including phenoxy) is 4. The van der Waals surface area contributed by atoms with E-state index in [1.54, 1.807) is 6.92 Å². The molecular weight excluding hydrogens is 480 g/mol. The van der Waals surface area contributed by atoms with Gasteiger partial charge >= 0.3 is 0 Å². The molecule has 11 N–H and O–H groups in total. The maximum absolute atomic E-state index is 10.1. The molecule has 3 fully saturated rings. The van der Waals surface area contributed by atoms with Crippen molar-refractivity contribution in [3.05, 3.63) is 0 Å². The summed E-state index contributed by atoms with van der Waals surface area (Å²) in [5.74, 6) is 0. The van der Waals surface area contributed by atoms with E-state index in [4.69, 9.17) is 29.2 Å². The fourth-order valence-electron chi connectivity index (χ4n) is 4.06. The van der Waals surface area contributed by atoms with E-state index in [1.807, 2.05) is 0 Å². The summed E-state index contributed by atoms with van der Waals surface area (Å²) in [6, 6.07) is 0. The molecule has 3 saturated heterocycles. The highest BCUT2D eigenvalue weighted by Crippen LogP contribution is 2.29. The van der Waals surface area contributed by atoms with Gasteiger partial charge in [-0.25, -0.2) is 0 Å². The molecule has 0 aromatic rings. The predicted octanol–water partition coefficient (Wildman–Crippen LogP) is -6.48. The Hall–Kier alpha value is -0.600. The Morgan fingerprint density at radius 1 is 0.486 bits per heavy atom. The number of aliphatic hydroxyl groups excluding tert-OH is 11. The fourth-order valence-corrected chi connectivity index (χ4v) is 4.06. The van der Waals surface area contributed by atoms with Gasteiger partial charge in [0.2, 0.25) is 0 Å². The molecule has 0 aromatic carbocycles. The second-order valence-electron chi connectivity index (χ2n) is 8.88. The van der Waals surface area contributed by atoms with E-state index < -0.39 is 105 Å². The van der Waals surface area contributed by atoms with Crippen molar-refractivity contribution in [2.75, 3.05) is 19.8 Å². The minimum Gasteiger partial charge on any atom is -0.394 e. The van der Waals surface area contributed by atoms with E-state index in [-0.39, 0.29) is 6.61 Å². The number of aliphatic hydroxyl groups is 11. The van der Waals surface area contributed by atoms with Gasteiger partial charge in [0.15, 0.2) is 6.29 Å². The SMILES string of the molecule is C[C@@H]1OC(CO)[C@@H](O[C@@H]2OC(CO)[C@H](O)[C@H](O)C2O)[C@H](O)C1O.C[C@H]1OC(CO)[C@@H](O)[C@H](O)C1O. The Bertz CT molecular complexity index is 619. The predicted molar refractivity (Wildman–Crippen MR) is 112 cm³/mol. The van der Waals surface area contributed by atoms with Crippen LogP contribution in [0.3, 0.4) is 0 Å². The standard InChI is InChI=1S/C13H24O10.C7H14O5/c1-4-7(16)10(19)12(6(3-15)21-4)23-13-11(20)9(18)8(17)5(2-14)22-13;1-3-5(9)7(11)6(10)4(2-8)12-3/h4-20H,2-3H2,1H3;3-11H,2H2,1H3/t4-,5?,6?,7?,8-,9-,10+,11?,12+,13-;3-,4?,5?,6-,7-/m01/s1. The Morgan fingerprint density at radius 3 is 1.37 bits per heavy atom. The lowest BCUT2D eigenvalue weighted by molar-refractivity contribution is -0.341. The van der Waals surface area contributed by atoms with E-state index in [2.05, 4.69) is 0 Å². The van der Waals surface area contributed by atoms with Crippen molar-refractivity contribution in [3.63, 3.8) is 0 Å². The van der Waals surface area contributed by atoms with Crippen LogP contribution in [0.1, 0.15) is 13.8 Å². The van der Waals surface area contributed by atoms with Gasteiger partial charge in [0.25, 0.3) is 0 Å². The van der Waals surface area contributed by atoms with Gasteiger partial charge < -0.3 is 75.1 Å². The molecule has 3 aliphatic rings. The number of rotatable bonds is 5. The minimum atomic E-state index is -1.66. The van der Waals surface area contributed by atoms with E-state index in [1.165, 1.54) is 6.92 Å². The molecule has 15 atom stereocenters. The molecule has 0 aliphatic carbocycles. The average molecular weight is 519 g/mol. The molecule has 15 nitrogen and oxygen atoms in total. The van der Waals surface area contributed by atoms with Crippen molar-refractivity contribution in [1.82, 2.24) is 0 Å². The van der Waals surface area contributed by atoms with Crippen LogP contribution in [0.2, 0.25) is 0 Å². The van der Waals surface area contributed by atoms with E-state index in [0.29, 0.717) is 0 Å². The molecule has 0 amide bonds. The van der Waals surface area contributed by atoms with Gasteiger partial charge in [0.05, 0.1) is 32.0 Å². The van der Waals surface area contributed by atoms with Gasteiger partial charge in [-0.15, -0.1) is 0 Å². The normalized spacial score (nSPS) is 50.8. The first-order valence-electron chi connectivity index (χ1n) is 11.3. The third-order valence-electron chi connectivity index (χ3n) is 6.37. The summed E-state index contributed by atoms with van der Waals surface area (Å²) in [5, 5.41) is 104. The maximum Gasteiger partial charge on any atom is 0.187 e. The van der Waals surface area contributed by atoms with Crippen LogP contribution in [0.4, 0.5) is 0 Å². The van der Waals surface area contributed by atoms with Crippen molar-refractivity contribution >= 4 is 0 Å². The molecule has 208 valence electrons. The van der Waals surface area contributed by atoms with Crippen molar-refractivity contribution in [1.29, 1.82) is 0 Å². The van der Waals surface area contributed by atoms with Crippen LogP contribution in [0.5, 0.6) is 0 Å². The zero-order chi connectivity index (χ0) is 26.6. The summed E-state index contributed by atoms with van der Waals surface area (Å²) in [6.45, 7) is 1.58. The summed E-state index contributed by atoms with van der Waals surface area (Å²) in [7, 11) is 0. The third-order valence-corrected chi connectivity index (χ3v) is 6.37. The van der Waals surface area contributed by atoms with Crippen molar-refractivity contribution in [2.45, 2.75) is 106 Å². The highest BCUT2D eigenvalue weighted by Gasteiger charge is 2.49. The zero-order valence-electron chi connectivity index (χ0n) is 19.3. The molecule has 0 radical (unpaired) electrons. The summed E-state index contributed by atoms with van der Waals surface area (Å²) in [6.07, 6.45) is -18.1. The highest BCUT2D eigenvalue weighted by atomic mass is 16.7. The summed E-state index contributed by atoms with van der Waals surface area (Å²) >= 11 is 0. The largest absolute Gasteiger partial charge is 0.394 e. The van der Waals surface area contributed by atoms with E-state index in [0.717, 1.165) is 0 Å². The van der Waals surface area contributed by atoms with E-state index >= 15 is 0 Å². The molecule has 3 rings (SSSR count). The van der Waals surface area contributed by atoms with Crippen LogP contribution in [0.25, 0.3) is 0 Å². The summed E-state index contributed by atoms with van der Waals surface area (Å²) in [5.41, 5.74) is 0. The second-order valence-corrected chi connectivity index (χ2v) is 8.88. The van der Waals surface area contributed by atoms with Crippen LogP contribution >= 0.6 is 0 Å². The molecule has 0 aromatic heterocycles. The van der Waals surface area contributed by atoms with Gasteiger partial charge in [0.1, 0.15) is 73.2 Å². The van der Waals surface area contributed by atoms with E-state index in [9.17, 15) is 46.0 Å². The number of hydrogen-bond donors (Lipinski definition) is 11. The van der Waals surface area contributed by atoms with Crippen LogP contribution in [0.15, 0.2) is 0 Å². The van der Waals surface area contributed by atoms with Gasteiger partial charge in [-0.1, -0.05) is 0 Å². The first-order chi connectivity index (χ1) is 16.4. The lowest BCUT2D eigenvalue weighted by Crippen LogP contribution is -2.64. The third kappa shape index (κ3) is 6.84. The van der Waals surface area contributed by atoms with Gasteiger partial charge in [-0.05, 0) is 13.8 Å². The molecular formula is C20H38O15. The van der Waals surface area contributed by atoms with Crippen molar-refractivity contribution in [2.24, 2.45) is 0 Å². The van der Waals surface area contributed by atoms with Crippen LogP contribution in [0, 0.1) is 0 Å². The lowest BCUT2D eigenvalue weighted by Gasteiger charge is -2.45. The second kappa shape index (κ2) is 13.3. The Morgan fingerprint density at radius 2 is 0.886 bits per heavy atom. The first-order valence-corrected chi connectivity index (χ1v) is 11.3. The van der Waals surface area contributed by atoms with Crippen LogP contribution in [-0.4, -0.2) is 168 Å². The molecule has 6 unspecified atom stereocenters. The first kappa shape index (κ1) is 30.6. The Labute approximate surface area is 201 Å². The molecule has 15 heteroatoms. The fraction of sp³-hybridized carbons (Fsp3) is 1.00. The molecule has 3 heterocycles. The van der Waals surface area contributed by atoms with Crippen LogP contribution in [-0.2, 0) is 18.9 Å².